The molecule has 2 fully saturated rings. The molecule has 0 aliphatic carbocycles. The molecule has 2 heterocycles. The van der Waals surface area contributed by atoms with Crippen molar-refractivity contribution >= 4 is 5.91 Å². The fraction of sp³-hybridized carbons (Fsp3) is 0.588. The lowest BCUT2D eigenvalue weighted by atomic mass is 10.0. The van der Waals surface area contributed by atoms with Crippen molar-refractivity contribution in [2.45, 2.75) is 44.2 Å². The lowest BCUT2D eigenvalue weighted by Crippen LogP contribution is -2.51. The Balaban J connectivity index is 1.73. The second-order valence-electron chi connectivity index (χ2n) is 6.03. The van der Waals surface area contributed by atoms with E-state index in [2.05, 4.69) is 29.3 Å². The molecule has 1 aromatic rings. The molecule has 0 unspecified atom stereocenters. The lowest BCUT2D eigenvalue weighted by Gasteiger charge is -2.37. The summed E-state index contributed by atoms with van der Waals surface area (Å²) < 4.78 is 5.32. The summed E-state index contributed by atoms with van der Waals surface area (Å²) in [4.78, 5) is 12.4. The van der Waals surface area contributed by atoms with Crippen LogP contribution < -0.4 is 0 Å². The Labute approximate surface area is 126 Å². The number of hydrogen-bond acceptors (Lipinski definition) is 3. The van der Waals surface area contributed by atoms with Gasteiger partial charge in [0.25, 0.3) is 0 Å². The molecule has 114 valence electrons. The third kappa shape index (κ3) is 3.11. The van der Waals surface area contributed by atoms with Crippen LogP contribution in [0, 0.1) is 0 Å². The van der Waals surface area contributed by atoms with Crippen LogP contribution in [0.2, 0.25) is 0 Å². The fourth-order valence-corrected chi connectivity index (χ4v) is 3.62. The van der Waals surface area contributed by atoms with Gasteiger partial charge in [0.05, 0.1) is 18.7 Å². The van der Waals surface area contributed by atoms with Gasteiger partial charge >= 0.3 is 0 Å². The van der Waals surface area contributed by atoms with Gasteiger partial charge in [-0.15, -0.1) is 0 Å². The van der Waals surface area contributed by atoms with Crippen molar-refractivity contribution in [2.75, 3.05) is 20.3 Å². The van der Waals surface area contributed by atoms with E-state index < -0.39 is 0 Å². The van der Waals surface area contributed by atoms with E-state index in [1.807, 2.05) is 11.1 Å². The number of amides is 1. The van der Waals surface area contributed by atoms with Crippen LogP contribution in [0.5, 0.6) is 0 Å². The molecule has 3 rings (SSSR count). The predicted octanol–water partition coefficient (Wildman–Crippen LogP) is 2.25. The first-order valence-electron chi connectivity index (χ1n) is 7.91. The highest BCUT2D eigenvalue weighted by Crippen LogP contribution is 2.29. The first-order chi connectivity index (χ1) is 10.3. The highest BCUT2D eigenvalue weighted by atomic mass is 16.5. The summed E-state index contributed by atoms with van der Waals surface area (Å²) in [6, 6.07) is 11.1. The number of hydrogen-bond donors (Lipinski definition) is 0. The molecule has 2 aliphatic rings. The Bertz CT molecular complexity index is 477. The Kier molecular flexibility index (Phi) is 4.56. The first-order valence-corrected chi connectivity index (χ1v) is 7.91. The quantitative estimate of drug-likeness (QED) is 0.833. The largest absolute Gasteiger partial charge is 0.383 e. The van der Waals surface area contributed by atoms with Gasteiger partial charge in [-0.1, -0.05) is 30.3 Å². The number of carbonyl (C=O) groups excluding carboxylic acids is 1. The van der Waals surface area contributed by atoms with E-state index in [9.17, 15) is 4.79 Å². The molecule has 21 heavy (non-hydrogen) atoms. The van der Waals surface area contributed by atoms with E-state index in [4.69, 9.17) is 4.74 Å². The highest BCUT2D eigenvalue weighted by Gasteiger charge is 2.40. The minimum atomic E-state index is 0.277. The molecule has 1 amide bonds. The van der Waals surface area contributed by atoms with Crippen LogP contribution in [0.4, 0.5) is 0 Å². The predicted molar refractivity (Wildman–Crippen MR) is 81.6 cm³/mol. The SMILES string of the molecule is COC[C@@H]1CCCN1N1C(=O)CC[C@H]1Cc1ccccc1. The van der Waals surface area contributed by atoms with Crippen molar-refractivity contribution in [1.82, 2.24) is 10.0 Å². The van der Waals surface area contributed by atoms with Gasteiger partial charge in [-0.25, -0.2) is 5.01 Å². The van der Waals surface area contributed by atoms with Crippen molar-refractivity contribution in [3.05, 3.63) is 35.9 Å². The van der Waals surface area contributed by atoms with Crippen molar-refractivity contribution in [3.63, 3.8) is 0 Å². The Morgan fingerprint density at radius 2 is 2.00 bits per heavy atom. The van der Waals surface area contributed by atoms with Gasteiger partial charge in [-0.2, -0.15) is 0 Å². The van der Waals surface area contributed by atoms with Gasteiger partial charge in [0.1, 0.15) is 0 Å². The molecule has 2 aliphatic heterocycles. The molecule has 2 atom stereocenters. The van der Waals surface area contributed by atoms with Crippen LogP contribution in [-0.4, -0.2) is 48.3 Å². The number of rotatable bonds is 5. The number of carbonyl (C=O) groups is 1. The molecule has 0 saturated carbocycles. The first kappa shape index (κ1) is 14.5. The highest BCUT2D eigenvalue weighted by molar-refractivity contribution is 5.78. The van der Waals surface area contributed by atoms with Crippen LogP contribution in [-0.2, 0) is 16.0 Å². The maximum Gasteiger partial charge on any atom is 0.237 e. The number of methoxy groups -OCH3 is 1. The Hall–Kier alpha value is -1.39. The van der Waals surface area contributed by atoms with E-state index in [0.717, 1.165) is 32.2 Å². The molecule has 0 bridgehead atoms. The van der Waals surface area contributed by atoms with Crippen LogP contribution >= 0.6 is 0 Å². The molecular weight excluding hydrogens is 264 g/mol. The van der Waals surface area contributed by atoms with Crippen molar-refractivity contribution < 1.29 is 9.53 Å². The van der Waals surface area contributed by atoms with Crippen molar-refractivity contribution in [3.8, 4) is 0 Å². The molecule has 0 N–H and O–H groups in total. The summed E-state index contributed by atoms with van der Waals surface area (Å²) in [5.41, 5.74) is 1.31. The third-order valence-electron chi connectivity index (χ3n) is 4.59. The average Bonchev–Trinajstić information content (AvgIpc) is 3.07. The lowest BCUT2D eigenvalue weighted by molar-refractivity contribution is -0.151. The summed E-state index contributed by atoms with van der Waals surface area (Å²) in [5.74, 6) is 0.277. The van der Waals surface area contributed by atoms with Crippen LogP contribution in [0.15, 0.2) is 30.3 Å². The normalized spacial score (nSPS) is 26.7. The van der Waals surface area contributed by atoms with E-state index in [1.54, 1.807) is 7.11 Å². The molecule has 4 nitrogen and oxygen atoms in total. The number of ether oxygens (including phenoxy) is 1. The van der Waals surface area contributed by atoms with Crippen LogP contribution in [0.1, 0.15) is 31.2 Å². The summed E-state index contributed by atoms with van der Waals surface area (Å²) in [6.45, 7) is 1.69. The Morgan fingerprint density at radius 3 is 2.76 bits per heavy atom. The van der Waals surface area contributed by atoms with Crippen LogP contribution in [0.3, 0.4) is 0 Å². The number of benzene rings is 1. The minimum absolute atomic E-state index is 0.277. The molecule has 2 saturated heterocycles. The standard InChI is InChI=1S/C17H24N2O2/c1-21-13-16-8-5-11-18(16)19-15(9-10-17(19)20)12-14-6-3-2-4-7-14/h2-4,6-7,15-16H,5,8-13H2,1H3/t15-,16-/m0/s1. The fourth-order valence-electron chi connectivity index (χ4n) is 3.62. The van der Waals surface area contributed by atoms with E-state index in [0.29, 0.717) is 25.1 Å². The van der Waals surface area contributed by atoms with Gasteiger partial charge < -0.3 is 4.74 Å². The van der Waals surface area contributed by atoms with Crippen LogP contribution in [0.25, 0.3) is 0 Å². The van der Waals surface area contributed by atoms with Crippen molar-refractivity contribution in [1.29, 1.82) is 0 Å². The van der Waals surface area contributed by atoms with Gasteiger partial charge in [-0.3, -0.25) is 9.80 Å². The summed E-state index contributed by atoms with van der Waals surface area (Å²) in [6.07, 6.45) is 4.85. The van der Waals surface area contributed by atoms with Gasteiger partial charge in [0.15, 0.2) is 0 Å². The third-order valence-corrected chi connectivity index (χ3v) is 4.59. The summed E-state index contributed by atoms with van der Waals surface area (Å²) >= 11 is 0. The summed E-state index contributed by atoms with van der Waals surface area (Å²) in [5, 5.41) is 4.32. The molecule has 0 radical (unpaired) electrons. The van der Waals surface area contributed by atoms with E-state index in [-0.39, 0.29) is 5.91 Å². The zero-order chi connectivity index (χ0) is 14.7. The second kappa shape index (κ2) is 6.58. The smallest absolute Gasteiger partial charge is 0.237 e. The number of nitrogens with zero attached hydrogens (tertiary/aromatic N) is 2. The van der Waals surface area contributed by atoms with Gasteiger partial charge in [0.2, 0.25) is 5.91 Å². The zero-order valence-electron chi connectivity index (χ0n) is 12.7. The topological polar surface area (TPSA) is 32.8 Å². The Morgan fingerprint density at radius 1 is 1.19 bits per heavy atom. The van der Waals surface area contributed by atoms with E-state index in [1.165, 1.54) is 5.56 Å². The molecule has 0 aromatic heterocycles. The second-order valence-corrected chi connectivity index (χ2v) is 6.03. The van der Waals surface area contributed by atoms with Gasteiger partial charge in [0, 0.05) is 20.1 Å². The number of hydrazine groups is 1. The average molecular weight is 288 g/mol. The van der Waals surface area contributed by atoms with Crippen molar-refractivity contribution in [2.24, 2.45) is 0 Å². The van der Waals surface area contributed by atoms with Gasteiger partial charge in [-0.05, 0) is 31.2 Å². The summed E-state index contributed by atoms with van der Waals surface area (Å²) in [7, 11) is 1.74. The molecular formula is C17H24N2O2. The monoisotopic (exact) mass is 288 g/mol. The molecule has 0 spiro atoms. The maximum atomic E-state index is 12.4. The maximum absolute atomic E-state index is 12.4. The zero-order valence-corrected chi connectivity index (χ0v) is 12.7. The molecule has 1 aromatic carbocycles. The minimum Gasteiger partial charge on any atom is -0.383 e. The molecule has 4 heteroatoms. The van der Waals surface area contributed by atoms with E-state index >= 15 is 0 Å².